The van der Waals surface area contributed by atoms with Gasteiger partial charge < -0.3 is 10.2 Å². The number of aromatic nitrogens is 2. The van der Waals surface area contributed by atoms with Gasteiger partial charge >= 0.3 is 0 Å². The molecule has 0 aromatic carbocycles. The number of halogens is 2. The van der Waals surface area contributed by atoms with E-state index in [2.05, 4.69) is 29.2 Å². The van der Waals surface area contributed by atoms with Crippen LogP contribution in [0.1, 0.15) is 26.3 Å². The van der Waals surface area contributed by atoms with E-state index < -0.39 is 0 Å². The number of hydrogen-bond donors (Lipinski definition) is 1. The zero-order valence-corrected chi connectivity index (χ0v) is 12.3. The second kappa shape index (κ2) is 9.30. The van der Waals surface area contributed by atoms with Crippen LogP contribution in [0.3, 0.4) is 0 Å². The number of hydrogen-bond acceptors (Lipinski definition) is 3. The van der Waals surface area contributed by atoms with Crippen molar-refractivity contribution in [2.24, 2.45) is 0 Å². The van der Waals surface area contributed by atoms with Crippen molar-refractivity contribution in [1.29, 1.82) is 0 Å². The molecule has 0 radical (unpaired) electrons. The maximum atomic E-state index is 13.6. The molecule has 18 heavy (non-hydrogen) atoms. The second-order valence-electron chi connectivity index (χ2n) is 3.98. The van der Waals surface area contributed by atoms with E-state index in [9.17, 15) is 4.39 Å². The molecule has 0 atom stereocenters. The number of rotatable bonds is 8. The Balaban J connectivity index is 0.00000289. The van der Waals surface area contributed by atoms with Crippen molar-refractivity contribution in [3.63, 3.8) is 0 Å². The molecule has 0 aliphatic carbocycles. The highest BCUT2D eigenvalue weighted by Crippen LogP contribution is 2.05. The third kappa shape index (κ3) is 4.92. The van der Waals surface area contributed by atoms with Crippen molar-refractivity contribution in [2.75, 3.05) is 26.2 Å². The van der Waals surface area contributed by atoms with Crippen molar-refractivity contribution in [3.8, 4) is 0 Å². The number of nitrogens with zero attached hydrogens (tertiary/aromatic N) is 3. The van der Waals surface area contributed by atoms with Crippen molar-refractivity contribution in [2.45, 2.75) is 33.9 Å². The first kappa shape index (κ1) is 17.4. The minimum Gasteiger partial charge on any atom is -0.311 e. The van der Waals surface area contributed by atoms with Crippen LogP contribution >= 0.6 is 12.4 Å². The maximum absolute atomic E-state index is 13.6. The molecule has 0 saturated carbocycles. The van der Waals surface area contributed by atoms with Crippen LogP contribution in [0.25, 0.3) is 0 Å². The van der Waals surface area contributed by atoms with E-state index in [0.717, 1.165) is 26.2 Å². The molecule has 0 saturated heterocycles. The maximum Gasteiger partial charge on any atom is 0.215 e. The van der Waals surface area contributed by atoms with Crippen LogP contribution in [0.15, 0.2) is 6.20 Å². The van der Waals surface area contributed by atoms with Gasteiger partial charge in [-0.15, -0.1) is 12.4 Å². The summed E-state index contributed by atoms with van der Waals surface area (Å²) in [5.74, 6) is -0.220. The van der Waals surface area contributed by atoms with Gasteiger partial charge in [-0.3, -0.25) is 0 Å². The monoisotopic (exact) mass is 278 g/mol. The van der Waals surface area contributed by atoms with Gasteiger partial charge in [-0.05, 0) is 20.0 Å². The molecular weight excluding hydrogens is 255 g/mol. The van der Waals surface area contributed by atoms with Crippen molar-refractivity contribution in [1.82, 2.24) is 20.0 Å². The van der Waals surface area contributed by atoms with E-state index in [-0.39, 0.29) is 18.4 Å². The van der Waals surface area contributed by atoms with Crippen LogP contribution in [0.5, 0.6) is 0 Å². The largest absolute Gasteiger partial charge is 0.311 e. The van der Waals surface area contributed by atoms with Crippen LogP contribution in [0, 0.1) is 5.95 Å². The first-order chi connectivity index (χ1) is 8.22. The van der Waals surface area contributed by atoms with Crippen molar-refractivity contribution < 1.29 is 4.39 Å². The minimum absolute atomic E-state index is 0. The third-order valence-electron chi connectivity index (χ3n) is 2.96. The van der Waals surface area contributed by atoms with Gasteiger partial charge in [0.05, 0.1) is 6.20 Å². The van der Waals surface area contributed by atoms with Gasteiger partial charge in [-0.1, -0.05) is 13.8 Å². The van der Waals surface area contributed by atoms with Crippen LogP contribution < -0.4 is 5.32 Å². The Morgan fingerprint density at radius 1 is 1.33 bits per heavy atom. The average molecular weight is 279 g/mol. The predicted octanol–water partition coefficient (Wildman–Crippen LogP) is 1.90. The summed E-state index contributed by atoms with van der Waals surface area (Å²) in [7, 11) is 0. The quantitative estimate of drug-likeness (QED) is 0.738. The fourth-order valence-electron chi connectivity index (χ4n) is 1.75. The zero-order valence-electron chi connectivity index (χ0n) is 11.4. The molecule has 1 heterocycles. The molecule has 0 aliphatic heterocycles. The van der Waals surface area contributed by atoms with Gasteiger partial charge in [0.15, 0.2) is 0 Å². The molecule has 4 nitrogen and oxygen atoms in total. The van der Waals surface area contributed by atoms with Gasteiger partial charge in [0.25, 0.3) is 0 Å². The van der Waals surface area contributed by atoms with E-state index in [1.807, 2.05) is 6.92 Å². The van der Waals surface area contributed by atoms with E-state index in [1.54, 1.807) is 6.20 Å². The molecule has 1 aromatic rings. The normalized spacial score (nSPS) is 10.7. The van der Waals surface area contributed by atoms with Crippen molar-refractivity contribution >= 4 is 12.4 Å². The highest BCUT2D eigenvalue weighted by Gasteiger charge is 2.08. The van der Waals surface area contributed by atoms with Crippen LogP contribution in [0.4, 0.5) is 4.39 Å². The lowest BCUT2D eigenvalue weighted by Gasteiger charge is -2.17. The first-order valence-corrected chi connectivity index (χ1v) is 6.36. The van der Waals surface area contributed by atoms with Crippen molar-refractivity contribution in [3.05, 3.63) is 17.7 Å². The first-order valence-electron chi connectivity index (χ1n) is 6.36. The molecule has 0 aliphatic rings. The lowest BCUT2D eigenvalue weighted by molar-refractivity contribution is 0.302. The fraction of sp³-hybridized carbons (Fsp3) is 0.750. The van der Waals surface area contributed by atoms with Crippen LogP contribution in [0.2, 0.25) is 0 Å². The van der Waals surface area contributed by atoms with Gasteiger partial charge in [-0.2, -0.15) is 9.49 Å². The van der Waals surface area contributed by atoms with E-state index in [1.165, 1.54) is 4.68 Å². The van der Waals surface area contributed by atoms with E-state index in [4.69, 9.17) is 0 Å². The molecule has 1 rings (SSSR count). The number of nitrogens with one attached hydrogen (secondary N) is 1. The topological polar surface area (TPSA) is 33.1 Å². The Kier molecular flexibility index (Phi) is 8.97. The average Bonchev–Trinajstić information content (AvgIpc) is 2.70. The Bertz CT molecular complexity index is 326. The SMILES string of the molecule is CCN(CC)CCNCc1cnn(CC)c1F.Cl. The molecule has 1 aromatic heterocycles. The lowest BCUT2D eigenvalue weighted by atomic mass is 10.3. The number of aryl methyl sites for hydroxylation is 1. The van der Waals surface area contributed by atoms with Gasteiger partial charge in [-0.25, -0.2) is 4.68 Å². The zero-order chi connectivity index (χ0) is 12.7. The van der Waals surface area contributed by atoms with Crippen LogP contribution in [-0.4, -0.2) is 40.9 Å². The van der Waals surface area contributed by atoms with Gasteiger partial charge in [0.1, 0.15) is 0 Å². The Labute approximate surface area is 115 Å². The summed E-state index contributed by atoms with van der Waals surface area (Å²) in [6.45, 7) is 11.3. The molecule has 0 amide bonds. The summed E-state index contributed by atoms with van der Waals surface area (Å²) < 4.78 is 15.0. The number of likely N-dealkylation sites (N-methyl/N-ethyl adjacent to an activating group) is 1. The Morgan fingerprint density at radius 3 is 2.50 bits per heavy atom. The molecule has 0 spiro atoms. The predicted molar refractivity (Wildman–Crippen MR) is 74.6 cm³/mol. The molecule has 6 heteroatoms. The van der Waals surface area contributed by atoms with Gasteiger partial charge in [0, 0.05) is 31.7 Å². The summed E-state index contributed by atoms with van der Waals surface area (Å²) in [5, 5.41) is 7.22. The smallest absolute Gasteiger partial charge is 0.215 e. The van der Waals surface area contributed by atoms with E-state index in [0.29, 0.717) is 18.7 Å². The second-order valence-corrected chi connectivity index (χ2v) is 3.98. The third-order valence-corrected chi connectivity index (χ3v) is 2.96. The molecule has 0 fully saturated rings. The van der Waals surface area contributed by atoms with Gasteiger partial charge in [0.2, 0.25) is 5.95 Å². The summed E-state index contributed by atoms with van der Waals surface area (Å²) >= 11 is 0. The lowest BCUT2D eigenvalue weighted by Crippen LogP contribution is -2.31. The summed E-state index contributed by atoms with van der Waals surface area (Å²) in [6, 6.07) is 0. The molecule has 106 valence electrons. The Morgan fingerprint density at radius 2 is 2.00 bits per heavy atom. The minimum atomic E-state index is -0.220. The standard InChI is InChI=1S/C12H23FN4.ClH/c1-4-16(5-2)8-7-14-9-11-10-15-17(6-3)12(11)13;/h10,14H,4-9H2,1-3H3;1H. The molecule has 0 unspecified atom stereocenters. The highest BCUT2D eigenvalue weighted by molar-refractivity contribution is 5.85. The highest BCUT2D eigenvalue weighted by atomic mass is 35.5. The summed E-state index contributed by atoms with van der Waals surface area (Å²) in [5.41, 5.74) is 0.645. The fourth-order valence-corrected chi connectivity index (χ4v) is 1.75. The molecular formula is C12H24ClFN4. The summed E-state index contributed by atoms with van der Waals surface area (Å²) in [6.07, 6.45) is 1.60. The Hall–Kier alpha value is -0.650. The summed E-state index contributed by atoms with van der Waals surface area (Å²) in [4.78, 5) is 2.33. The molecule has 1 N–H and O–H groups in total. The van der Waals surface area contributed by atoms with E-state index >= 15 is 0 Å². The van der Waals surface area contributed by atoms with Crippen LogP contribution in [-0.2, 0) is 13.1 Å². The molecule has 0 bridgehead atoms.